The molecular weight excluding hydrogens is 1200 g/mol. The minimum absolute atomic E-state index is 0.0442. The number of nitrogens with zero attached hydrogens (tertiary/aromatic N) is 3. The van der Waals surface area contributed by atoms with Gasteiger partial charge in [-0.2, -0.15) is 0 Å². The molecule has 4 aliphatic rings. The Kier molecular flexibility index (Phi) is 35.5. The van der Waals surface area contributed by atoms with Gasteiger partial charge >= 0.3 is 12.1 Å². The van der Waals surface area contributed by atoms with Crippen molar-refractivity contribution in [2.45, 2.75) is 196 Å². The first kappa shape index (κ1) is 77.4. The Morgan fingerprint density at radius 3 is 1.24 bits per heavy atom. The number of benzene rings is 5. The number of rotatable bonds is 31. The van der Waals surface area contributed by atoms with E-state index in [9.17, 15) is 19.2 Å². The van der Waals surface area contributed by atoms with E-state index in [0.717, 1.165) is 133 Å². The summed E-state index contributed by atoms with van der Waals surface area (Å²) in [5.41, 5.74) is 14.1. The number of aryl methyl sites for hydroxylation is 3. The van der Waals surface area contributed by atoms with E-state index in [4.69, 9.17) is 44.0 Å². The number of aliphatic carboxylic acids is 1. The van der Waals surface area contributed by atoms with Crippen molar-refractivity contribution in [3.8, 4) is 11.1 Å². The van der Waals surface area contributed by atoms with Gasteiger partial charge in [-0.05, 0) is 175 Å². The molecule has 6 unspecified atom stereocenters. The number of nitrogens with two attached hydrogens (primary N) is 1. The Bertz CT molecular complexity index is 2890. The molecule has 5 aromatic rings. The zero-order valence-electron chi connectivity index (χ0n) is 58.1. The van der Waals surface area contributed by atoms with E-state index < -0.39 is 24.4 Å². The van der Waals surface area contributed by atoms with Gasteiger partial charge < -0.3 is 54.6 Å². The topological polar surface area (TPSA) is 213 Å². The lowest BCUT2D eigenvalue weighted by molar-refractivity contribution is -0.149. The first-order chi connectivity index (χ1) is 46.3. The summed E-state index contributed by atoms with van der Waals surface area (Å²) >= 11 is 0. The highest BCUT2D eigenvalue weighted by atomic mass is 16.7. The van der Waals surface area contributed by atoms with Crippen LogP contribution in [-0.4, -0.2) is 182 Å². The third-order valence-electron chi connectivity index (χ3n) is 19.1. The number of piperidine rings is 3. The summed E-state index contributed by atoms with van der Waals surface area (Å²) in [6, 6.07) is 47.3. The Morgan fingerprint density at radius 2 is 0.821 bits per heavy atom. The van der Waals surface area contributed by atoms with Gasteiger partial charge in [0.15, 0.2) is 18.9 Å². The number of methoxy groups -OCH3 is 6. The molecule has 6 atom stereocenters. The van der Waals surface area contributed by atoms with Crippen LogP contribution < -0.4 is 16.4 Å². The molecule has 95 heavy (non-hydrogen) atoms. The Morgan fingerprint density at radius 1 is 0.463 bits per heavy atom. The molecule has 18 heteroatoms. The number of likely N-dealkylation sites (N-methyl/N-ethyl adjacent to an activating group) is 2. The largest absolute Gasteiger partial charge is 0.480 e. The number of hydrogen-bond acceptors (Lipinski definition) is 14. The fourth-order valence-corrected chi connectivity index (χ4v) is 13.6. The predicted octanol–water partition coefficient (Wildman–Crippen LogP) is 12.2. The number of amides is 3. The smallest absolute Gasteiger partial charge is 0.410 e. The molecule has 3 fully saturated rings. The number of carboxylic acids is 1. The van der Waals surface area contributed by atoms with Crippen molar-refractivity contribution in [1.29, 1.82) is 0 Å². The van der Waals surface area contributed by atoms with Gasteiger partial charge in [0.2, 0.25) is 11.8 Å². The lowest BCUT2D eigenvalue weighted by Gasteiger charge is -2.41. The molecule has 0 radical (unpaired) electrons. The molecule has 0 bridgehead atoms. The molecule has 3 heterocycles. The van der Waals surface area contributed by atoms with E-state index in [1.165, 1.54) is 34.2 Å². The quantitative estimate of drug-likeness (QED) is 0.0240. The number of hydrogen-bond donors (Lipinski definition) is 4. The van der Waals surface area contributed by atoms with E-state index in [0.29, 0.717) is 31.8 Å². The van der Waals surface area contributed by atoms with Crippen LogP contribution in [0.5, 0.6) is 0 Å². The lowest BCUT2D eigenvalue weighted by Crippen LogP contribution is -2.57. The van der Waals surface area contributed by atoms with Gasteiger partial charge in [-0.15, -0.1) is 0 Å². The van der Waals surface area contributed by atoms with Crippen molar-refractivity contribution < 1.29 is 57.4 Å². The monoisotopic (exact) mass is 1310 g/mol. The maximum absolute atomic E-state index is 13.8. The van der Waals surface area contributed by atoms with Crippen LogP contribution in [0.4, 0.5) is 4.79 Å². The molecule has 5 aromatic carbocycles. The second-order valence-corrected chi connectivity index (χ2v) is 25.3. The van der Waals surface area contributed by atoms with Crippen molar-refractivity contribution in [3.05, 3.63) is 167 Å². The van der Waals surface area contributed by atoms with Crippen LogP contribution in [0.25, 0.3) is 11.1 Å². The van der Waals surface area contributed by atoms with Crippen molar-refractivity contribution in [2.75, 3.05) is 83.0 Å². The van der Waals surface area contributed by atoms with E-state index >= 15 is 0 Å². The summed E-state index contributed by atoms with van der Waals surface area (Å²) in [5.74, 6) is -0.756. The average Bonchev–Trinajstić information content (AvgIpc) is 1.55. The lowest BCUT2D eigenvalue weighted by atomic mass is 9.93. The predicted molar refractivity (Wildman–Crippen MR) is 375 cm³/mol. The minimum Gasteiger partial charge on any atom is -0.480 e. The number of fused-ring (bicyclic) bond motifs is 3. The number of nitrogens with one attached hydrogen (secondary N) is 2. The third-order valence-corrected chi connectivity index (χ3v) is 19.1. The summed E-state index contributed by atoms with van der Waals surface area (Å²) < 4.78 is 38.0. The number of carboxylic acid groups (broad SMARTS) is 1. The highest BCUT2D eigenvalue weighted by molar-refractivity contribution is 5.86. The number of ether oxygens (including phenoxy) is 7. The van der Waals surface area contributed by atoms with Crippen LogP contribution in [-0.2, 0) is 66.8 Å². The fourth-order valence-electron chi connectivity index (χ4n) is 13.6. The van der Waals surface area contributed by atoms with Gasteiger partial charge in [-0.3, -0.25) is 29.1 Å². The number of likely N-dealkylation sites (tertiary alicyclic amines) is 3. The van der Waals surface area contributed by atoms with Gasteiger partial charge in [-0.25, -0.2) is 4.79 Å². The second-order valence-electron chi connectivity index (χ2n) is 25.3. The van der Waals surface area contributed by atoms with E-state index in [1.54, 1.807) is 47.6 Å². The summed E-state index contributed by atoms with van der Waals surface area (Å²) in [6.45, 7) is 2.35. The number of carbonyl (C=O) groups excluding carboxylic acids is 3. The van der Waals surface area contributed by atoms with Crippen LogP contribution in [0, 0.1) is 0 Å². The van der Waals surface area contributed by atoms with Crippen LogP contribution in [0.1, 0.15) is 149 Å². The SMILES string of the molecule is COC(CC1CCCC(C(=O)NCCCCc2ccccc2)N1C(=O)OCC1c2ccccc2-c2ccccc21)OC.COC(CC1CCCC(C(=O)NCCCCc2ccccc2)N1C)OC.COC(CC1CCCC(C(=O)O)N1C)OC.NCCCCc1ccccc1. The molecule has 1 aliphatic carbocycles. The maximum Gasteiger partial charge on any atom is 0.410 e. The van der Waals surface area contributed by atoms with E-state index in [2.05, 4.69) is 100 Å². The standard InChI is InChI=1S/C35H42N2O5.C21H34N2O3.C11H21NO4.C10H15N/c1-40-33(41-2)23-26-16-12-21-32(34(38)36-22-11-10-15-25-13-4-3-5-14-25)37(26)35(39)42-24-31-29-19-8-6-17-27(29)28-18-7-9-20-30(28)31;1-23-18(16-20(25-2)26-3)13-9-14-19(23)21(24)22-15-8-7-12-17-10-5-4-6-11-17;1-12-8(7-10(15-2)16-3)5-4-6-9(12)11(13)14;11-9-5-4-8-10-6-2-1-3-7-10/h3-9,13-14,17-20,26,31-33H,10-12,15-16,21-24H2,1-2H3,(H,36,38);4-6,10-11,18-20H,7-9,12-16H2,1-3H3,(H,22,24);8-10H,4-7H2,1-3H3,(H,13,14);1-3,6-7H,4-5,8-9,11H2. The van der Waals surface area contributed by atoms with E-state index in [-0.39, 0.29) is 61.1 Å². The van der Waals surface area contributed by atoms with Gasteiger partial charge in [-0.1, -0.05) is 140 Å². The summed E-state index contributed by atoms with van der Waals surface area (Å²) in [5, 5.41) is 15.3. The van der Waals surface area contributed by atoms with Crippen LogP contribution in [0.2, 0.25) is 0 Å². The Hall–Kier alpha value is -6.58. The summed E-state index contributed by atoms with van der Waals surface area (Å²) in [6.07, 6.45) is 18.1. The van der Waals surface area contributed by atoms with Gasteiger partial charge in [0.05, 0.1) is 6.04 Å². The van der Waals surface area contributed by atoms with Crippen LogP contribution in [0.15, 0.2) is 140 Å². The Balaban J connectivity index is 0.000000228. The summed E-state index contributed by atoms with van der Waals surface area (Å²) in [7, 11) is 13.6. The average molecular weight is 1310 g/mol. The molecule has 0 saturated carbocycles. The van der Waals surface area contributed by atoms with Crippen molar-refractivity contribution in [2.24, 2.45) is 5.73 Å². The van der Waals surface area contributed by atoms with Gasteiger partial charge in [0.1, 0.15) is 18.7 Å². The molecule has 0 spiro atoms. The van der Waals surface area contributed by atoms with Crippen molar-refractivity contribution in [3.63, 3.8) is 0 Å². The molecule has 522 valence electrons. The molecule has 18 nitrogen and oxygen atoms in total. The molecule has 5 N–H and O–H groups in total. The van der Waals surface area contributed by atoms with Crippen molar-refractivity contribution >= 4 is 23.9 Å². The molecule has 3 saturated heterocycles. The van der Waals surface area contributed by atoms with Gasteiger partial charge in [0, 0.05) is 99.1 Å². The highest BCUT2D eigenvalue weighted by Gasteiger charge is 2.41. The third kappa shape index (κ3) is 25.1. The number of unbranched alkanes of at least 4 members (excludes halogenated alkanes) is 3. The normalized spacial score (nSPS) is 19.5. The Labute approximate surface area is 567 Å². The van der Waals surface area contributed by atoms with Gasteiger partial charge in [0.25, 0.3) is 0 Å². The van der Waals surface area contributed by atoms with Crippen LogP contribution >= 0.6 is 0 Å². The second kappa shape index (κ2) is 43.6. The van der Waals surface area contributed by atoms with E-state index in [1.807, 2.05) is 73.6 Å². The first-order valence-corrected chi connectivity index (χ1v) is 34.6. The zero-order chi connectivity index (χ0) is 68.2. The fraction of sp³-hybridized carbons (Fsp3) is 0.558. The molecular formula is C77H112N6O12. The molecule has 9 rings (SSSR count). The van der Waals surface area contributed by atoms with Crippen molar-refractivity contribution in [1.82, 2.24) is 25.3 Å². The molecule has 3 aliphatic heterocycles. The zero-order valence-corrected chi connectivity index (χ0v) is 58.1. The molecule has 0 aromatic heterocycles. The summed E-state index contributed by atoms with van der Waals surface area (Å²) in [4.78, 5) is 56.7. The number of carbonyl (C=O) groups is 4. The highest BCUT2D eigenvalue weighted by Crippen LogP contribution is 2.45. The van der Waals surface area contributed by atoms with Crippen LogP contribution in [0.3, 0.4) is 0 Å². The maximum atomic E-state index is 13.8. The first-order valence-electron chi connectivity index (χ1n) is 34.6. The molecule has 3 amide bonds. The minimum atomic E-state index is -0.737.